The van der Waals surface area contributed by atoms with Crippen LogP contribution in [0.25, 0.3) is 0 Å². The van der Waals surface area contributed by atoms with Gasteiger partial charge < -0.3 is 15.0 Å². The number of halogens is 1. The molecule has 0 spiro atoms. The molecule has 2 aliphatic heterocycles. The van der Waals surface area contributed by atoms with Crippen molar-refractivity contribution in [3.05, 3.63) is 0 Å². The molecule has 14 heavy (non-hydrogen) atoms. The highest BCUT2D eigenvalue weighted by molar-refractivity contribution is 5.85. The summed E-state index contributed by atoms with van der Waals surface area (Å²) in [7, 11) is 4.24. The Labute approximate surface area is 92.6 Å². The van der Waals surface area contributed by atoms with Crippen LogP contribution < -0.4 is 5.32 Å². The largest absolute Gasteiger partial charge is 0.376 e. The second-order valence-corrected chi connectivity index (χ2v) is 4.55. The molecule has 0 bridgehead atoms. The van der Waals surface area contributed by atoms with Crippen molar-refractivity contribution in [2.75, 3.05) is 40.3 Å². The van der Waals surface area contributed by atoms with Crippen molar-refractivity contribution in [2.24, 2.45) is 11.8 Å². The summed E-state index contributed by atoms with van der Waals surface area (Å²) in [4.78, 5) is 2.22. The normalized spacial score (nSPS) is 36.6. The maximum atomic E-state index is 5.83. The van der Waals surface area contributed by atoms with Crippen LogP contribution in [0.15, 0.2) is 0 Å². The second kappa shape index (κ2) is 5.31. The lowest BCUT2D eigenvalue weighted by Crippen LogP contribution is -2.41. The van der Waals surface area contributed by atoms with Crippen molar-refractivity contribution in [2.45, 2.75) is 12.5 Å². The number of likely N-dealkylation sites (N-methyl/N-ethyl adjacent to an activating group) is 1. The minimum Gasteiger partial charge on any atom is -0.376 e. The summed E-state index contributed by atoms with van der Waals surface area (Å²) in [5.74, 6) is 1.59. The average molecular weight is 221 g/mol. The SMILES string of the molecule is CN(C)C[C@H]1OC[C@@H]2CCNC[C@@H]21.Cl. The van der Waals surface area contributed by atoms with E-state index >= 15 is 0 Å². The third-order valence-corrected chi connectivity index (χ3v) is 3.22. The highest BCUT2D eigenvalue weighted by Crippen LogP contribution is 2.31. The lowest BCUT2D eigenvalue weighted by molar-refractivity contribution is 0.0681. The molecule has 3 atom stereocenters. The van der Waals surface area contributed by atoms with Gasteiger partial charge in [-0.25, -0.2) is 0 Å². The number of nitrogens with zero attached hydrogens (tertiary/aromatic N) is 1. The van der Waals surface area contributed by atoms with Crippen molar-refractivity contribution in [3.8, 4) is 0 Å². The summed E-state index contributed by atoms with van der Waals surface area (Å²) in [6, 6.07) is 0. The molecule has 0 aromatic carbocycles. The van der Waals surface area contributed by atoms with Crippen LogP contribution in [0.3, 0.4) is 0 Å². The summed E-state index contributed by atoms with van der Waals surface area (Å²) >= 11 is 0. The van der Waals surface area contributed by atoms with E-state index < -0.39 is 0 Å². The van der Waals surface area contributed by atoms with Gasteiger partial charge in [0.05, 0.1) is 12.7 Å². The molecule has 0 saturated carbocycles. The zero-order valence-electron chi connectivity index (χ0n) is 9.03. The van der Waals surface area contributed by atoms with Crippen LogP contribution >= 0.6 is 12.4 Å². The molecule has 0 amide bonds. The molecule has 3 nitrogen and oxygen atoms in total. The van der Waals surface area contributed by atoms with Crippen LogP contribution in [-0.2, 0) is 4.74 Å². The molecule has 0 radical (unpaired) electrons. The van der Waals surface area contributed by atoms with E-state index in [2.05, 4.69) is 24.3 Å². The Hall–Kier alpha value is 0.170. The Morgan fingerprint density at radius 3 is 2.93 bits per heavy atom. The van der Waals surface area contributed by atoms with Gasteiger partial charge in [0.25, 0.3) is 0 Å². The van der Waals surface area contributed by atoms with E-state index in [1.165, 1.54) is 13.0 Å². The Balaban J connectivity index is 0.000000980. The topological polar surface area (TPSA) is 24.5 Å². The molecule has 1 N–H and O–H groups in total. The lowest BCUT2D eigenvalue weighted by Gasteiger charge is -2.29. The van der Waals surface area contributed by atoms with Gasteiger partial charge in [-0.2, -0.15) is 0 Å². The first-order chi connectivity index (χ1) is 6.27. The number of hydrogen-bond donors (Lipinski definition) is 1. The maximum absolute atomic E-state index is 5.83. The van der Waals surface area contributed by atoms with Gasteiger partial charge in [-0.1, -0.05) is 0 Å². The van der Waals surface area contributed by atoms with Crippen LogP contribution in [0.2, 0.25) is 0 Å². The molecule has 84 valence electrons. The summed E-state index contributed by atoms with van der Waals surface area (Å²) in [6.45, 7) is 4.40. The number of nitrogens with one attached hydrogen (secondary N) is 1. The van der Waals surface area contributed by atoms with Gasteiger partial charge >= 0.3 is 0 Å². The summed E-state index contributed by atoms with van der Waals surface area (Å²) < 4.78 is 5.83. The average Bonchev–Trinajstić information content (AvgIpc) is 2.48. The van der Waals surface area contributed by atoms with Crippen molar-refractivity contribution < 1.29 is 4.74 Å². The van der Waals surface area contributed by atoms with Crippen molar-refractivity contribution in [1.29, 1.82) is 0 Å². The fraction of sp³-hybridized carbons (Fsp3) is 1.00. The Kier molecular flexibility index (Phi) is 4.64. The Morgan fingerprint density at radius 1 is 1.43 bits per heavy atom. The highest BCUT2D eigenvalue weighted by atomic mass is 35.5. The van der Waals surface area contributed by atoms with Gasteiger partial charge in [0.1, 0.15) is 0 Å². The summed E-state index contributed by atoms with van der Waals surface area (Å²) in [5, 5.41) is 3.46. The van der Waals surface area contributed by atoms with E-state index in [4.69, 9.17) is 4.74 Å². The minimum absolute atomic E-state index is 0. The number of rotatable bonds is 2. The van der Waals surface area contributed by atoms with Crippen molar-refractivity contribution >= 4 is 12.4 Å². The molecular formula is C10H21ClN2O. The summed E-state index contributed by atoms with van der Waals surface area (Å²) in [6.07, 6.45) is 1.77. The highest BCUT2D eigenvalue weighted by Gasteiger charge is 2.38. The van der Waals surface area contributed by atoms with E-state index in [9.17, 15) is 0 Å². The molecule has 2 saturated heterocycles. The van der Waals surface area contributed by atoms with Crippen LogP contribution in [0.5, 0.6) is 0 Å². The monoisotopic (exact) mass is 220 g/mol. The van der Waals surface area contributed by atoms with E-state index in [1.807, 2.05) is 0 Å². The van der Waals surface area contributed by atoms with E-state index in [0.29, 0.717) is 6.10 Å². The van der Waals surface area contributed by atoms with E-state index in [1.54, 1.807) is 0 Å². The van der Waals surface area contributed by atoms with Crippen LogP contribution in [0.4, 0.5) is 0 Å². The second-order valence-electron chi connectivity index (χ2n) is 4.55. The number of ether oxygens (including phenoxy) is 1. The van der Waals surface area contributed by atoms with Gasteiger partial charge in [0.2, 0.25) is 0 Å². The Morgan fingerprint density at radius 2 is 2.21 bits per heavy atom. The van der Waals surface area contributed by atoms with Gasteiger partial charge in [0.15, 0.2) is 0 Å². The van der Waals surface area contributed by atoms with Crippen LogP contribution in [0.1, 0.15) is 6.42 Å². The third kappa shape index (κ3) is 2.60. The molecular weight excluding hydrogens is 200 g/mol. The van der Waals surface area contributed by atoms with Crippen molar-refractivity contribution in [3.63, 3.8) is 0 Å². The van der Waals surface area contributed by atoms with Crippen molar-refractivity contribution in [1.82, 2.24) is 10.2 Å². The van der Waals surface area contributed by atoms with Gasteiger partial charge in [-0.3, -0.25) is 0 Å². The lowest BCUT2D eigenvalue weighted by atomic mass is 9.85. The van der Waals surface area contributed by atoms with Gasteiger partial charge in [0, 0.05) is 19.0 Å². The number of piperidine rings is 1. The molecule has 2 fully saturated rings. The fourth-order valence-corrected chi connectivity index (χ4v) is 2.50. The third-order valence-electron chi connectivity index (χ3n) is 3.22. The van der Waals surface area contributed by atoms with E-state index in [-0.39, 0.29) is 12.4 Å². The predicted octanol–water partition coefficient (Wildman–Crippen LogP) is 0.594. The first kappa shape index (κ1) is 12.2. The maximum Gasteiger partial charge on any atom is 0.0745 e. The van der Waals surface area contributed by atoms with E-state index in [0.717, 1.165) is 31.5 Å². The standard InChI is InChI=1S/C10H20N2O.ClH/c1-12(2)6-10-9-5-11-4-3-8(9)7-13-10;/h8-11H,3-7H2,1-2H3;1H/t8-,9-,10+;/m0./s1. The predicted molar refractivity (Wildman–Crippen MR) is 60.0 cm³/mol. The van der Waals surface area contributed by atoms with Gasteiger partial charge in [-0.15, -0.1) is 12.4 Å². The number of fused-ring (bicyclic) bond motifs is 1. The van der Waals surface area contributed by atoms with Crippen LogP contribution in [0, 0.1) is 11.8 Å². The minimum atomic E-state index is 0. The quantitative estimate of drug-likeness (QED) is 0.738. The first-order valence-corrected chi connectivity index (χ1v) is 5.24. The summed E-state index contributed by atoms with van der Waals surface area (Å²) in [5.41, 5.74) is 0. The molecule has 2 rings (SSSR count). The van der Waals surface area contributed by atoms with Crippen LogP contribution in [-0.4, -0.2) is 51.3 Å². The molecule has 2 aliphatic rings. The molecule has 4 heteroatoms. The zero-order chi connectivity index (χ0) is 9.26. The fourth-order valence-electron chi connectivity index (χ4n) is 2.50. The molecule has 0 aromatic rings. The molecule has 0 aromatic heterocycles. The smallest absolute Gasteiger partial charge is 0.0745 e. The first-order valence-electron chi connectivity index (χ1n) is 5.24. The Bertz CT molecular complexity index is 178. The molecule has 2 heterocycles. The molecule has 0 aliphatic carbocycles. The zero-order valence-corrected chi connectivity index (χ0v) is 9.85. The van der Waals surface area contributed by atoms with Gasteiger partial charge in [-0.05, 0) is 33.0 Å². The number of hydrogen-bond acceptors (Lipinski definition) is 3. The molecule has 0 unspecified atom stereocenters.